The van der Waals surface area contributed by atoms with Gasteiger partial charge in [-0.05, 0) is 40.5 Å². The average molecular weight is 443 g/mol. The minimum atomic E-state index is 0.736. The van der Waals surface area contributed by atoms with Gasteiger partial charge < -0.3 is 14.2 Å². The number of unbranched alkanes of at least 4 members (excludes halogenated alkanes) is 2. The molecular formula is C28H58O3. The molecule has 0 unspecified atom stereocenters. The van der Waals surface area contributed by atoms with Gasteiger partial charge in [0.1, 0.15) is 0 Å². The molecule has 0 radical (unpaired) electrons. The lowest BCUT2D eigenvalue weighted by molar-refractivity contribution is 0.0517. The molecule has 0 spiro atoms. The summed E-state index contributed by atoms with van der Waals surface area (Å²) in [5.74, 6) is 0. The van der Waals surface area contributed by atoms with Crippen molar-refractivity contribution >= 4 is 0 Å². The van der Waals surface area contributed by atoms with Gasteiger partial charge >= 0.3 is 0 Å². The monoisotopic (exact) mass is 442 g/mol. The van der Waals surface area contributed by atoms with Crippen molar-refractivity contribution in [3.63, 3.8) is 0 Å². The Balaban J connectivity index is -0.000000158. The van der Waals surface area contributed by atoms with Crippen LogP contribution >= 0.6 is 0 Å². The number of benzene rings is 1. The summed E-state index contributed by atoms with van der Waals surface area (Å²) in [7, 11) is 0. The van der Waals surface area contributed by atoms with Crippen LogP contribution in [0.2, 0.25) is 0 Å². The van der Waals surface area contributed by atoms with Crippen LogP contribution in [0.4, 0.5) is 0 Å². The van der Waals surface area contributed by atoms with Gasteiger partial charge in [0.2, 0.25) is 0 Å². The number of ether oxygens (including phenoxy) is 3. The van der Waals surface area contributed by atoms with Gasteiger partial charge in [-0.3, -0.25) is 0 Å². The standard InChI is InChI=1S/C8H18O2.C8H10.C6H14O.2C3H8/c1-3-5-6-10-8-7-9-4-2;1-7-3-5-8(2)6-4-7;1-3-5-6-7-4-2;2*1-3-2/h3-8H2,1-2H3;3-6H,1-2H3;3-6H2,1-2H3;2*3H2,1-2H3. The Hall–Kier alpha value is -0.900. The van der Waals surface area contributed by atoms with Crippen molar-refractivity contribution in [2.24, 2.45) is 0 Å². The van der Waals surface area contributed by atoms with E-state index in [0.29, 0.717) is 0 Å². The molecule has 0 aliphatic rings. The lowest BCUT2D eigenvalue weighted by atomic mass is 10.2. The van der Waals surface area contributed by atoms with E-state index < -0.39 is 0 Å². The van der Waals surface area contributed by atoms with E-state index in [-0.39, 0.29) is 0 Å². The molecular weight excluding hydrogens is 384 g/mol. The maximum Gasteiger partial charge on any atom is 0.0700 e. The van der Waals surface area contributed by atoms with E-state index in [2.05, 4.69) is 79.7 Å². The van der Waals surface area contributed by atoms with Gasteiger partial charge in [0.05, 0.1) is 13.2 Å². The molecule has 0 saturated carbocycles. The van der Waals surface area contributed by atoms with Gasteiger partial charge in [0.25, 0.3) is 0 Å². The van der Waals surface area contributed by atoms with Crippen molar-refractivity contribution in [1.82, 2.24) is 0 Å². The molecule has 1 rings (SSSR count). The molecule has 0 N–H and O–H groups in total. The second-order valence-corrected chi connectivity index (χ2v) is 7.28. The minimum Gasteiger partial charge on any atom is -0.382 e. The van der Waals surface area contributed by atoms with E-state index in [0.717, 1.165) is 46.1 Å². The zero-order valence-corrected chi connectivity index (χ0v) is 23.0. The minimum absolute atomic E-state index is 0.736. The molecule has 188 valence electrons. The quantitative estimate of drug-likeness (QED) is 0.320. The zero-order chi connectivity index (χ0) is 24.6. The molecule has 31 heavy (non-hydrogen) atoms. The molecule has 0 fully saturated rings. The largest absolute Gasteiger partial charge is 0.382 e. The van der Waals surface area contributed by atoms with Crippen molar-refractivity contribution in [2.75, 3.05) is 39.6 Å². The van der Waals surface area contributed by atoms with Crippen LogP contribution in [0.1, 0.15) is 105 Å². The maximum absolute atomic E-state index is 5.25. The Morgan fingerprint density at radius 1 is 0.484 bits per heavy atom. The molecule has 1 aromatic rings. The van der Waals surface area contributed by atoms with E-state index in [1.807, 2.05) is 13.8 Å². The van der Waals surface area contributed by atoms with Gasteiger partial charge in [0, 0.05) is 26.4 Å². The van der Waals surface area contributed by atoms with Crippen LogP contribution < -0.4 is 0 Å². The summed E-state index contributed by atoms with van der Waals surface area (Å²) in [5, 5.41) is 0. The van der Waals surface area contributed by atoms with Crippen molar-refractivity contribution in [3.8, 4) is 0 Å². The number of hydrogen-bond donors (Lipinski definition) is 0. The summed E-state index contributed by atoms with van der Waals surface area (Å²) in [5.41, 5.74) is 2.66. The Labute approximate surface area is 197 Å². The van der Waals surface area contributed by atoms with Gasteiger partial charge in [-0.2, -0.15) is 0 Å². The fraction of sp³-hybridized carbons (Fsp3) is 0.786. The maximum atomic E-state index is 5.25. The number of aryl methyl sites for hydroxylation is 2. The zero-order valence-electron chi connectivity index (χ0n) is 23.0. The number of rotatable bonds is 11. The average Bonchev–Trinajstić information content (AvgIpc) is 2.75. The first kappa shape index (κ1) is 37.4. The molecule has 1 aromatic carbocycles. The van der Waals surface area contributed by atoms with E-state index in [1.54, 1.807) is 0 Å². The highest BCUT2D eigenvalue weighted by Gasteiger charge is 1.86. The fourth-order valence-electron chi connectivity index (χ4n) is 1.64. The highest BCUT2D eigenvalue weighted by atomic mass is 16.5. The van der Waals surface area contributed by atoms with Gasteiger partial charge in [-0.15, -0.1) is 0 Å². The Kier molecular flexibility index (Phi) is 47.8. The summed E-state index contributed by atoms with van der Waals surface area (Å²) >= 11 is 0. The Morgan fingerprint density at radius 3 is 1.10 bits per heavy atom. The van der Waals surface area contributed by atoms with Crippen LogP contribution in [-0.2, 0) is 14.2 Å². The van der Waals surface area contributed by atoms with E-state index in [4.69, 9.17) is 14.2 Å². The van der Waals surface area contributed by atoms with Crippen LogP contribution in [-0.4, -0.2) is 39.6 Å². The van der Waals surface area contributed by atoms with Gasteiger partial charge in [-0.25, -0.2) is 0 Å². The van der Waals surface area contributed by atoms with Gasteiger partial charge in [0.15, 0.2) is 0 Å². The van der Waals surface area contributed by atoms with Crippen LogP contribution in [0, 0.1) is 13.8 Å². The molecule has 0 bridgehead atoms. The Morgan fingerprint density at radius 2 is 0.774 bits per heavy atom. The third kappa shape index (κ3) is 52.9. The lowest BCUT2D eigenvalue weighted by Gasteiger charge is -2.02. The van der Waals surface area contributed by atoms with Crippen LogP contribution in [0.3, 0.4) is 0 Å². The topological polar surface area (TPSA) is 27.7 Å². The second kappa shape index (κ2) is 39.6. The third-order valence-electron chi connectivity index (χ3n) is 3.28. The molecule has 0 saturated heterocycles. The first-order chi connectivity index (χ1) is 14.9. The summed E-state index contributed by atoms with van der Waals surface area (Å²) in [6.07, 6.45) is 7.30. The predicted molar refractivity (Wildman–Crippen MR) is 141 cm³/mol. The van der Waals surface area contributed by atoms with Crippen molar-refractivity contribution < 1.29 is 14.2 Å². The fourth-order valence-corrected chi connectivity index (χ4v) is 1.64. The molecule has 0 aliphatic carbocycles. The highest BCUT2D eigenvalue weighted by molar-refractivity contribution is 5.19. The van der Waals surface area contributed by atoms with E-state index in [9.17, 15) is 0 Å². The molecule has 0 aliphatic heterocycles. The summed E-state index contributed by atoms with van der Waals surface area (Å²) in [6.45, 7) is 26.0. The smallest absolute Gasteiger partial charge is 0.0700 e. The SMILES string of the molecule is CCC.CCC.CCCCOCC.CCCCOCCOCC.Cc1ccc(C)cc1. The van der Waals surface area contributed by atoms with Crippen molar-refractivity contribution in [2.45, 2.75) is 108 Å². The predicted octanol–water partition coefficient (Wildman–Crippen LogP) is 8.80. The van der Waals surface area contributed by atoms with Crippen LogP contribution in [0.5, 0.6) is 0 Å². The van der Waals surface area contributed by atoms with Crippen molar-refractivity contribution in [3.05, 3.63) is 35.4 Å². The first-order valence-corrected chi connectivity index (χ1v) is 12.7. The van der Waals surface area contributed by atoms with Crippen LogP contribution in [0.15, 0.2) is 24.3 Å². The van der Waals surface area contributed by atoms with Crippen molar-refractivity contribution in [1.29, 1.82) is 0 Å². The lowest BCUT2D eigenvalue weighted by Crippen LogP contribution is -2.04. The molecule has 3 heteroatoms. The molecule has 0 atom stereocenters. The molecule has 0 amide bonds. The normalized spacial score (nSPS) is 8.97. The second-order valence-electron chi connectivity index (χ2n) is 7.28. The van der Waals surface area contributed by atoms with E-state index >= 15 is 0 Å². The first-order valence-electron chi connectivity index (χ1n) is 12.7. The third-order valence-corrected chi connectivity index (χ3v) is 3.28. The number of hydrogen-bond acceptors (Lipinski definition) is 3. The molecule has 0 heterocycles. The van der Waals surface area contributed by atoms with Crippen LogP contribution in [0.25, 0.3) is 0 Å². The molecule has 0 aromatic heterocycles. The summed E-state index contributed by atoms with van der Waals surface area (Å²) in [4.78, 5) is 0. The van der Waals surface area contributed by atoms with Gasteiger partial charge in [-0.1, -0.05) is 103 Å². The molecule has 3 nitrogen and oxygen atoms in total. The summed E-state index contributed by atoms with van der Waals surface area (Å²) < 4.78 is 15.4. The van der Waals surface area contributed by atoms with E-state index in [1.165, 1.54) is 43.2 Å². The highest BCUT2D eigenvalue weighted by Crippen LogP contribution is 1.99. The summed E-state index contributed by atoms with van der Waals surface area (Å²) in [6, 6.07) is 8.48. The Bertz CT molecular complexity index is 328.